The summed E-state index contributed by atoms with van der Waals surface area (Å²) < 4.78 is 6.57. The van der Waals surface area contributed by atoms with Gasteiger partial charge in [0.1, 0.15) is 17.4 Å². The van der Waals surface area contributed by atoms with Crippen LogP contribution in [0.15, 0.2) is 54.6 Å². The molecule has 0 aromatic heterocycles. The van der Waals surface area contributed by atoms with Crippen molar-refractivity contribution in [1.82, 2.24) is 0 Å². The van der Waals surface area contributed by atoms with Crippen molar-refractivity contribution in [3.8, 4) is 5.75 Å². The minimum Gasteiger partial charge on any atom is -0.487 e. The number of carboxylic acids is 1. The fourth-order valence-electron chi connectivity index (χ4n) is 6.28. The van der Waals surface area contributed by atoms with E-state index in [2.05, 4.69) is 5.32 Å². The zero-order valence-corrected chi connectivity index (χ0v) is 16.7. The van der Waals surface area contributed by atoms with Crippen LogP contribution in [0.2, 0.25) is 0 Å². The molecule has 29 heavy (non-hydrogen) atoms. The summed E-state index contributed by atoms with van der Waals surface area (Å²) >= 11 is 0. The van der Waals surface area contributed by atoms with Crippen molar-refractivity contribution in [2.45, 2.75) is 56.6 Å². The number of hydrogen-bond acceptors (Lipinski definition) is 3. The second-order valence-corrected chi connectivity index (χ2v) is 9.45. The molecule has 4 aliphatic carbocycles. The van der Waals surface area contributed by atoms with Crippen LogP contribution in [0, 0.1) is 17.8 Å². The Kier molecular flexibility index (Phi) is 4.73. The van der Waals surface area contributed by atoms with Crippen LogP contribution in [0.1, 0.15) is 44.1 Å². The highest BCUT2D eigenvalue weighted by Gasteiger charge is 2.52. The van der Waals surface area contributed by atoms with Gasteiger partial charge in [0.2, 0.25) is 0 Å². The number of carbonyl (C=O) groups is 1. The molecule has 152 valence electrons. The molecule has 0 saturated heterocycles. The fraction of sp³-hybridized carbons (Fsp3) is 0.480. The molecule has 4 bridgehead atoms. The first-order valence-corrected chi connectivity index (χ1v) is 10.9. The van der Waals surface area contributed by atoms with Gasteiger partial charge in [-0.3, -0.25) is 0 Å². The van der Waals surface area contributed by atoms with E-state index in [4.69, 9.17) is 4.74 Å². The predicted octanol–water partition coefficient (Wildman–Crippen LogP) is 5.14. The van der Waals surface area contributed by atoms with Crippen LogP contribution in [0.3, 0.4) is 0 Å². The summed E-state index contributed by atoms with van der Waals surface area (Å²) in [5.41, 5.74) is 1.86. The number of anilines is 1. The van der Waals surface area contributed by atoms with E-state index in [1.807, 2.05) is 54.6 Å². The predicted molar refractivity (Wildman–Crippen MR) is 113 cm³/mol. The van der Waals surface area contributed by atoms with Crippen molar-refractivity contribution >= 4 is 11.7 Å². The van der Waals surface area contributed by atoms with Gasteiger partial charge in [0.25, 0.3) is 0 Å². The minimum atomic E-state index is -0.845. The third kappa shape index (κ3) is 3.98. The number of hydrogen-bond donors (Lipinski definition) is 2. The first-order chi connectivity index (χ1) is 14.1. The van der Waals surface area contributed by atoms with E-state index >= 15 is 0 Å². The third-order valence-corrected chi connectivity index (χ3v) is 7.09. The van der Waals surface area contributed by atoms with Gasteiger partial charge in [-0.15, -0.1) is 0 Å². The molecule has 1 atom stereocenters. The molecule has 0 spiro atoms. The number of aliphatic carboxylic acids is 1. The van der Waals surface area contributed by atoms with Gasteiger partial charge in [0.05, 0.1) is 0 Å². The number of benzene rings is 2. The van der Waals surface area contributed by atoms with Crippen molar-refractivity contribution in [3.63, 3.8) is 0 Å². The molecular weight excluding hydrogens is 362 g/mol. The molecule has 0 radical (unpaired) electrons. The van der Waals surface area contributed by atoms with E-state index in [0.717, 1.165) is 34.8 Å². The highest BCUT2D eigenvalue weighted by molar-refractivity contribution is 5.77. The van der Waals surface area contributed by atoms with Crippen LogP contribution >= 0.6 is 0 Å². The molecule has 4 saturated carbocycles. The Balaban J connectivity index is 1.25. The Morgan fingerprint density at radius 3 is 2.10 bits per heavy atom. The minimum absolute atomic E-state index is 0.0423. The van der Waals surface area contributed by atoms with Crippen molar-refractivity contribution in [1.29, 1.82) is 0 Å². The second-order valence-electron chi connectivity index (χ2n) is 9.45. The fourth-order valence-corrected chi connectivity index (χ4v) is 6.28. The summed E-state index contributed by atoms with van der Waals surface area (Å²) in [6.45, 7) is 0. The third-order valence-electron chi connectivity index (χ3n) is 7.09. The van der Waals surface area contributed by atoms with Gasteiger partial charge in [0.15, 0.2) is 0 Å². The summed E-state index contributed by atoms with van der Waals surface area (Å²) in [5, 5.41) is 12.8. The zero-order valence-electron chi connectivity index (χ0n) is 16.7. The lowest BCUT2D eigenvalue weighted by atomic mass is 9.54. The number of nitrogens with one attached hydrogen (secondary N) is 1. The topological polar surface area (TPSA) is 58.6 Å². The average Bonchev–Trinajstić information content (AvgIpc) is 2.68. The molecule has 1 unspecified atom stereocenters. The SMILES string of the molecule is O=C(O)C(Cc1ccccc1)Nc1ccc(OC23CC4CC(CC(C4)C2)C3)cc1. The quantitative estimate of drug-likeness (QED) is 0.686. The van der Waals surface area contributed by atoms with Crippen LogP contribution in [0.4, 0.5) is 5.69 Å². The van der Waals surface area contributed by atoms with E-state index in [1.54, 1.807) is 0 Å². The molecule has 4 fully saturated rings. The first-order valence-electron chi connectivity index (χ1n) is 10.9. The molecule has 2 N–H and O–H groups in total. The lowest BCUT2D eigenvalue weighted by Crippen LogP contribution is -2.53. The maximum absolute atomic E-state index is 11.7. The van der Waals surface area contributed by atoms with Gasteiger partial charge in [-0.2, -0.15) is 0 Å². The molecule has 0 aliphatic heterocycles. The van der Waals surface area contributed by atoms with Gasteiger partial charge in [-0.05, 0) is 86.1 Å². The van der Waals surface area contributed by atoms with Crippen LogP contribution in [0.5, 0.6) is 5.75 Å². The van der Waals surface area contributed by atoms with Crippen LogP contribution < -0.4 is 10.1 Å². The lowest BCUT2D eigenvalue weighted by molar-refractivity contribution is -0.137. The molecule has 0 heterocycles. The van der Waals surface area contributed by atoms with E-state index < -0.39 is 12.0 Å². The van der Waals surface area contributed by atoms with E-state index in [1.165, 1.54) is 38.5 Å². The zero-order chi connectivity index (χ0) is 19.8. The summed E-state index contributed by atoms with van der Waals surface area (Å²) in [5.74, 6) is 2.64. The van der Waals surface area contributed by atoms with Crippen LogP contribution in [-0.2, 0) is 11.2 Å². The van der Waals surface area contributed by atoms with Crippen molar-refractivity contribution in [3.05, 3.63) is 60.2 Å². The molecule has 4 heteroatoms. The monoisotopic (exact) mass is 391 g/mol. The molecule has 2 aromatic rings. The summed E-state index contributed by atoms with van der Waals surface area (Å²) in [6.07, 6.45) is 8.28. The highest BCUT2D eigenvalue weighted by Crippen LogP contribution is 2.57. The molecule has 4 aliphatic rings. The summed E-state index contributed by atoms with van der Waals surface area (Å²) in [4.78, 5) is 11.7. The van der Waals surface area contributed by atoms with Gasteiger partial charge in [0, 0.05) is 12.1 Å². The second kappa shape index (κ2) is 7.40. The molecule has 6 rings (SSSR count). The van der Waals surface area contributed by atoms with Crippen molar-refractivity contribution in [2.24, 2.45) is 17.8 Å². The Labute approximate surface area is 172 Å². The van der Waals surface area contributed by atoms with Crippen molar-refractivity contribution in [2.75, 3.05) is 5.32 Å². The maximum atomic E-state index is 11.7. The average molecular weight is 392 g/mol. The number of rotatable bonds is 7. The van der Waals surface area contributed by atoms with E-state index in [-0.39, 0.29) is 5.60 Å². The maximum Gasteiger partial charge on any atom is 0.326 e. The Morgan fingerprint density at radius 2 is 1.55 bits per heavy atom. The van der Waals surface area contributed by atoms with Crippen LogP contribution in [0.25, 0.3) is 0 Å². The summed E-state index contributed by atoms with van der Waals surface area (Å²) in [7, 11) is 0. The highest BCUT2D eigenvalue weighted by atomic mass is 16.5. The van der Waals surface area contributed by atoms with Gasteiger partial charge >= 0.3 is 5.97 Å². The smallest absolute Gasteiger partial charge is 0.326 e. The Bertz CT molecular complexity index is 826. The molecule has 4 nitrogen and oxygen atoms in total. The summed E-state index contributed by atoms with van der Waals surface area (Å²) in [6, 6.07) is 16.9. The normalized spacial score (nSPS) is 30.7. The first kappa shape index (κ1) is 18.5. The van der Waals surface area contributed by atoms with Gasteiger partial charge in [-0.25, -0.2) is 4.79 Å². The van der Waals surface area contributed by atoms with E-state index in [0.29, 0.717) is 6.42 Å². The van der Waals surface area contributed by atoms with Crippen LogP contribution in [-0.4, -0.2) is 22.7 Å². The molecule has 0 amide bonds. The Hall–Kier alpha value is -2.49. The van der Waals surface area contributed by atoms with Gasteiger partial charge < -0.3 is 15.2 Å². The Morgan fingerprint density at radius 1 is 0.966 bits per heavy atom. The van der Waals surface area contributed by atoms with Crippen molar-refractivity contribution < 1.29 is 14.6 Å². The largest absolute Gasteiger partial charge is 0.487 e. The van der Waals surface area contributed by atoms with Gasteiger partial charge in [-0.1, -0.05) is 30.3 Å². The molecule has 2 aromatic carbocycles. The molecular formula is C25H29NO3. The van der Waals surface area contributed by atoms with E-state index in [9.17, 15) is 9.90 Å². The number of ether oxygens (including phenoxy) is 1. The lowest BCUT2D eigenvalue weighted by Gasteiger charge is -2.56. The standard InChI is InChI=1S/C25H29NO3/c27-24(28)23(13-17-4-2-1-3-5-17)26-21-6-8-22(9-7-21)29-25-14-18-10-19(15-25)12-20(11-18)16-25/h1-9,18-20,23,26H,10-16H2,(H,27,28). The number of carboxylic acid groups (broad SMARTS) is 1.